The molecule has 3 nitrogen and oxygen atoms in total. The van der Waals surface area contributed by atoms with Gasteiger partial charge in [0.2, 0.25) is 0 Å². The number of rotatable bonds is 5. The Morgan fingerprint density at radius 1 is 0.935 bits per heavy atom. The summed E-state index contributed by atoms with van der Waals surface area (Å²) in [6.45, 7) is 4.43. The van der Waals surface area contributed by atoms with Crippen molar-refractivity contribution in [2.75, 3.05) is 31.1 Å². The maximum absolute atomic E-state index is 13.1. The Bertz CT molecular complexity index is 998. The summed E-state index contributed by atoms with van der Waals surface area (Å²) in [4.78, 5) is 5.23. The zero-order chi connectivity index (χ0) is 21.0. The molecular weight excluding hydrogens is 385 g/mol. The van der Waals surface area contributed by atoms with Gasteiger partial charge in [-0.05, 0) is 61.1 Å². The van der Waals surface area contributed by atoms with Gasteiger partial charge in [-0.15, -0.1) is 0 Å². The van der Waals surface area contributed by atoms with Crippen LogP contribution in [0.25, 0.3) is 5.70 Å². The first-order valence-electron chi connectivity index (χ1n) is 11.4. The van der Waals surface area contributed by atoms with E-state index in [1.165, 1.54) is 40.9 Å². The molecule has 160 valence electrons. The lowest BCUT2D eigenvalue weighted by Crippen LogP contribution is -2.45. The van der Waals surface area contributed by atoms with Crippen LogP contribution < -0.4 is 10.2 Å². The zero-order valence-electron chi connectivity index (χ0n) is 17.9. The molecule has 3 aliphatic rings. The molecule has 0 radical (unpaired) electrons. The Kier molecular flexibility index (Phi) is 5.90. The highest BCUT2D eigenvalue weighted by atomic mass is 19.1. The molecule has 0 aliphatic carbocycles. The summed E-state index contributed by atoms with van der Waals surface area (Å²) in [5.41, 5.74) is 6.59. The fourth-order valence-electron chi connectivity index (χ4n) is 5.09. The van der Waals surface area contributed by atoms with E-state index in [2.05, 4.69) is 51.5 Å². The molecule has 1 N–H and O–H groups in total. The Morgan fingerprint density at radius 3 is 2.61 bits per heavy atom. The number of likely N-dealkylation sites (tertiary alicyclic amines) is 1. The van der Waals surface area contributed by atoms with Gasteiger partial charge in [0, 0.05) is 55.4 Å². The predicted octanol–water partition coefficient (Wildman–Crippen LogP) is 4.91. The second-order valence-corrected chi connectivity index (χ2v) is 8.67. The first-order valence-corrected chi connectivity index (χ1v) is 11.4. The maximum Gasteiger partial charge on any atom is 0.123 e. The molecule has 0 saturated carbocycles. The quantitative estimate of drug-likeness (QED) is 0.749. The van der Waals surface area contributed by atoms with Gasteiger partial charge in [-0.2, -0.15) is 0 Å². The van der Waals surface area contributed by atoms with Crippen LogP contribution in [-0.4, -0.2) is 37.1 Å². The third-order valence-electron chi connectivity index (χ3n) is 6.77. The molecule has 2 aromatic carbocycles. The van der Waals surface area contributed by atoms with Gasteiger partial charge in [-0.1, -0.05) is 42.5 Å². The summed E-state index contributed by atoms with van der Waals surface area (Å²) in [5, 5.41) is 3.45. The van der Waals surface area contributed by atoms with E-state index in [0.29, 0.717) is 6.04 Å². The molecule has 1 saturated heterocycles. The van der Waals surface area contributed by atoms with Crippen LogP contribution in [0.1, 0.15) is 29.5 Å². The van der Waals surface area contributed by atoms with Gasteiger partial charge in [0.05, 0.1) is 0 Å². The molecule has 2 aromatic rings. The number of piperidine rings is 1. The molecule has 3 aliphatic heterocycles. The van der Waals surface area contributed by atoms with Gasteiger partial charge in [-0.25, -0.2) is 4.39 Å². The standard InChI is InChI=1S/C27H30FN3/c28-23-10-8-21(9-11-23)12-17-30-18-14-24(15-19-30)31-20-13-22-5-4-6-25(27(22)31)26-7-2-1-3-16-29-26/h1-11,16,24,29H,12-15,17-20H2. The number of allylic oxidation sites excluding steroid dienone is 4. The van der Waals surface area contributed by atoms with Crippen molar-refractivity contribution >= 4 is 11.4 Å². The molecule has 5 rings (SSSR count). The van der Waals surface area contributed by atoms with Gasteiger partial charge in [0.15, 0.2) is 0 Å². The lowest BCUT2D eigenvalue weighted by atomic mass is 9.99. The number of fused-ring (bicyclic) bond motifs is 1. The van der Waals surface area contributed by atoms with Crippen LogP contribution in [0.4, 0.5) is 10.1 Å². The number of hydrogen-bond donors (Lipinski definition) is 1. The Labute approximate surface area is 184 Å². The summed E-state index contributed by atoms with van der Waals surface area (Å²) in [6, 6.07) is 14.3. The monoisotopic (exact) mass is 415 g/mol. The van der Waals surface area contributed by atoms with Crippen molar-refractivity contribution in [1.29, 1.82) is 0 Å². The van der Waals surface area contributed by atoms with Crippen LogP contribution in [-0.2, 0) is 12.8 Å². The molecule has 4 heteroatoms. The minimum atomic E-state index is -0.156. The number of hydrogen-bond acceptors (Lipinski definition) is 3. The average molecular weight is 416 g/mol. The molecule has 1 fully saturated rings. The lowest BCUT2D eigenvalue weighted by molar-refractivity contribution is 0.212. The number of benzene rings is 2. The highest BCUT2D eigenvalue weighted by Gasteiger charge is 2.31. The maximum atomic E-state index is 13.1. The number of para-hydroxylation sites is 1. The van der Waals surface area contributed by atoms with Crippen LogP contribution in [0.3, 0.4) is 0 Å². The summed E-state index contributed by atoms with van der Waals surface area (Å²) in [7, 11) is 0. The van der Waals surface area contributed by atoms with E-state index in [9.17, 15) is 4.39 Å². The minimum absolute atomic E-state index is 0.156. The fourth-order valence-corrected chi connectivity index (χ4v) is 5.09. The number of anilines is 1. The van der Waals surface area contributed by atoms with Crippen molar-refractivity contribution in [3.63, 3.8) is 0 Å². The SMILES string of the molecule is Fc1ccc(CCN2CCC(N3CCc4cccc(C5=CC=CC=CN5)c43)CC2)cc1. The van der Waals surface area contributed by atoms with Gasteiger partial charge < -0.3 is 15.1 Å². The molecular formula is C27H30FN3. The second-order valence-electron chi connectivity index (χ2n) is 8.67. The van der Waals surface area contributed by atoms with E-state index >= 15 is 0 Å². The van der Waals surface area contributed by atoms with Gasteiger partial charge in [0.25, 0.3) is 0 Å². The van der Waals surface area contributed by atoms with Crippen LogP contribution >= 0.6 is 0 Å². The van der Waals surface area contributed by atoms with E-state index in [1.54, 1.807) is 12.1 Å². The molecule has 0 unspecified atom stereocenters. The molecule has 0 atom stereocenters. The summed E-state index contributed by atoms with van der Waals surface area (Å²) in [6.07, 6.45) is 14.9. The van der Waals surface area contributed by atoms with Crippen LogP contribution in [0.5, 0.6) is 0 Å². The number of halogens is 1. The third kappa shape index (κ3) is 4.45. The molecule has 0 spiro atoms. The fraction of sp³-hybridized carbons (Fsp3) is 0.333. The highest BCUT2D eigenvalue weighted by Crippen LogP contribution is 2.38. The lowest BCUT2D eigenvalue weighted by Gasteiger charge is -2.39. The first-order chi connectivity index (χ1) is 15.3. The van der Waals surface area contributed by atoms with Crippen molar-refractivity contribution in [2.45, 2.75) is 31.7 Å². The Morgan fingerprint density at radius 2 is 1.77 bits per heavy atom. The summed E-state index contributed by atoms with van der Waals surface area (Å²) >= 11 is 0. The van der Waals surface area contributed by atoms with Crippen LogP contribution in [0.15, 0.2) is 73.0 Å². The van der Waals surface area contributed by atoms with Crippen molar-refractivity contribution < 1.29 is 4.39 Å². The van der Waals surface area contributed by atoms with Gasteiger partial charge in [0.1, 0.15) is 5.82 Å². The molecule has 0 aromatic heterocycles. The number of nitrogens with zero attached hydrogens (tertiary/aromatic N) is 2. The van der Waals surface area contributed by atoms with Crippen molar-refractivity contribution in [3.05, 3.63) is 95.5 Å². The zero-order valence-corrected chi connectivity index (χ0v) is 17.9. The highest BCUT2D eigenvalue weighted by molar-refractivity contribution is 5.81. The summed E-state index contributed by atoms with van der Waals surface area (Å²) < 4.78 is 13.1. The van der Waals surface area contributed by atoms with E-state index in [0.717, 1.165) is 39.0 Å². The van der Waals surface area contributed by atoms with Crippen molar-refractivity contribution in [2.24, 2.45) is 0 Å². The van der Waals surface area contributed by atoms with Crippen LogP contribution in [0, 0.1) is 5.82 Å². The second kappa shape index (κ2) is 9.11. The average Bonchev–Trinajstić information content (AvgIpc) is 3.06. The Balaban J connectivity index is 1.24. The smallest absolute Gasteiger partial charge is 0.123 e. The van der Waals surface area contributed by atoms with E-state index < -0.39 is 0 Å². The van der Waals surface area contributed by atoms with Crippen molar-refractivity contribution in [3.8, 4) is 0 Å². The van der Waals surface area contributed by atoms with E-state index in [1.807, 2.05) is 24.4 Å². The summed E-state index contributed by atoms with van der Waals surface area (Å²) in [5.74, 6) is -0.156. The first kappa shape index (κ1) is 20.1. The van der Waals surface area contributed by atoms with Gasteiger partial charge >= 0.3 is 0 Å². The third-order valence-corrected chi connectivity index (χ3v) is 6.77. The number of nitrogens with one attached hydrogen (secondary N) is 1. The van der Waals surface area contributed by atoms with Gasteiger partial charge in [-0.3, -0.25) is 0 Å². The topological polar surface area (TPSA) is 18.5 Å². The molecule has 0 amide bonds. The predicted molar refractivity (Wildman–Crippen MR) is 126 cm³/mol. The molecule has 31 heavy (non-hydrogen) atoms. The molecule has 3 heterocycles. The van der Waals surface area contributed by atoms with E-state index in [4.69, 9.17) is 0 Å². The molecule has 0 bridgehead atoms. The van der Waals surface area contributed by atoms with Crippen molar-refractivity contribution in [1.82, 2.24) is 10.2 Å². The normalized spacial score (nSPS) is 19.1. The largest absolute Gasteiger partial charge is 0.367 e. The minimum Gasteiger partial charge on any atom is -0.367 e. The Hall–Kier alpha value is -2.85. The van der Waals surface area contributed by atoms with Crippen LogP contribution in [0.2, 0.25) is 0 Å². The van der Waals surface area contributed by atoms with E-state index in [-0.39, 0.29) is 5.82 Å².